The van der Waals surface area contributed by atoms with Gasteiger partial charge in [0.05, 0.1) is 12.3 Å². The Labute approximate surface area is 283 Å². The van der Waals surface area contributed by atoms with Crippen molar-refractivity contribution in [2.24, 2.45) is 11.8 Å². The Morgan fingerprint density at radius 2 is 1.76 bits per heavy atom. The van der Waals surface area contributed by atoms with Gasteiger partial charge in [-0.25, -0.2) is 4.79 Å². The number of nitrogens with zero attached hydrogens (tertiary/aromatic N) is 3. The quantitative estimate of drug-likeness (QED) is 0.124. The largest absolute Gasteiger partial charge is 0.460 e. The van der Waals surface area contributed by atoms with E-state index in [1.165, 1.54) is 12.4 Å². The molecule has 2 atom stereocenters. The number of aromatic nitrogens is 2. The number of piperidine rings is 1. The number of carbonyl (C=O) groups excluding carboxylic acids is 3. The Morgan fingerprint density at radius 3 is 2.41 bits per heavy atom. The van der Waals surface area contributed by atoms with Crippen molar-refractivity contribution in [1.82, 2.24) is 9.97 Å². The maximum Gasteiger partial charge on any atom is 0.414 e. The lowest BCUT2D eigenvalue weighted by molar-refractivity contribution is -0.181. The fourth-order valence-corrected chi connectivity index (χ4v) is 5.85. The molecule has 0 unspecified atom stereocenters. The Hall–Kier alpha value is -4.20. The Bertz CT molecular complexity index is 1640. The highest BCUT2D eigenvalue weighted by Crippen LogP contribution is 2.39. The van der Waals surface area contributed by atoms with Crippen molar-refractivity contribution in [1.29, 1.82) is 0 Å². The number of rotatable bonds is 11. The highest BCUT2D eigenvalue weighted by Gasteiger charge is 2.45. The number of ketones is 1. The van der Waals surface area contributed by atoms with Crippen LogP contribution in [0.1, 0.15) is 82.3 Å². The Kier molecular flexibility index (Phi) is 11.6. The van der Waals surface area contributed by atoms with Crippen LogP contribution in [0.25, 0.3) is 11.1 Å². The first kappa shape index (κ1) is 37.6. The van der Waals surface area contributed by atoms with Crippen molar-refractivity contribution >= 4 is 40.5 Å². The molecule has 1 amide bonds. The predicted octanol–water partition coefficient (Wildman–Crippen LogP) is 7.31. The SMILES string of the molecule is COCCCc1cnc2c(C(=O)Cc3cnccc3N3C[C@@H](CC(=O)OC(C)(C)C)C[C@@H](C(F)(F)F)C3)c(NC(=O)OC(C)(C)C)oc2c1. The van der Waals surface area contributed by atoms with Gasteiger partial charge in [0.15, 0.2) is 11.4 Å². The molecule has 49 heavy (non-hydrogen) atoms. The van der Waals surface area contributed by atoms with Gasteiger partial charge in [-0.1, -0.05) is 0 Å². The summed E-state index contributed by atoms with van der Waals surface area (Å²) < 4.78 is 64.3. The monoisotopic (exact) mass is 690 g/mol. The van der Waals surface area contributed by atoms with Gasteiger partial charge in [0, 0.05) is 63.1 Å². The number of esters is 1. The second-order valence-electron chi connectivity index (χ2n) is 14.4. The number of alkyl halides is 3. The van der Waals surface area contributed by atoms with Crippen LogP contribution in [0.15, 0.2) is 35.1 Å². The van der Waals surface area contributed by atoms with Crippen LogP contribution in [-0.4, -0.2) is 72.0 Å². The molecule has 1 fully saturated rings. The standard InChI is InChI=1S/C35H45F3N4O7/c1-33(2,3)48-28(44)15-22-13-24(35(36,37)38)20-42(19-22)25-10-11-39-18-23(25)16-26(43)29-30-27(14-21(17-40-30)9-8-12-46-7)47-31(29)41-32(45)49-34(4,5)6/h10-11,14,17-18,22,24H,8-9,12-13,15-16,19-20H2,1-7H3,(H,41,45)/t22-,24-/m1/s1. The van der Waals surface area contributed by atoms with Crippen molar-refractivity contribution in [3.8, 4) is 0 Å². The third-order valence-electron chi connectivity index (χ3n) is 7.74. The van der Waals surface area contributed by atoms with Crippen LogP contribution in [-0.2, 0) is 31.8 Å². The van der Waals surface area contributed by atoms with Gasteiger partial charge in [0.25, 0.3) is 0 Å². The maximum absolute atomic E-state index is 14.1. The molecule has 0 saturated carbocycles. The number of nitrogens with one attached hydrogen (secondary N) is 1. The minimum Gasteiger partial charge on any atom is -0.460 e. The van der Waals surface area contributed by atoms with Crippen molar-refractivity contribution in [2.75, 3.05) is 37.0 Å². The van der Waals surface area contributed by atoms with Gasteiger partial charge in [0.1, 0.15) is 22.3 Å². The molecule has 0 aromatic carbocycles. The number of amides is 1. The second kappa shape index (κ2) is 15.1. The van der Waals surface area contributed by atoms with E-state index in [2.05, 4.69) is 15.3 Å². The molecule has 0 aliphatic carbocycles. The number of fused-ring (bicyclic) bond motifs is 1. The number of methoxy groups -OCH3 is 1. The number of halogens is 3. The van der Waals surface area contributed by atoms with Crippen molar-refractivity contribution < 1.29 is 46.2 Å². The van der Waals surface area contributed by atoms with E-state index >= 15 is 0 Å². The molecule has 1 aliphatic heterocycles. The van der Waals surface area contributed by atoms with Gasteiger partial charge in [-0.05, 0) is 84.4 Å². The van der Waals surface area contributed by atoms with E-state index in [9.17, 15) is 27.6 Å². The predicted molar refractivity (Wildman–Crippen MR) is 177 cm³/mol. The lowest BCUT2D eigenvalue weighted by Gasteiger charge is -2.40. The van der Waals surface area contributed by atoms with Gasteiger partial charge in [-0.2, -0.15) is 13.2 Å². The Morgan fingerprint density at radius 1 is 1.04 bits per heavy atom. The molecule has 0 radical (unpaired) electrons. The van der Waals surface area contributed by atoms with Gasteiger partial charge in [-0.3, -0.25) is 24.9 Å². The molecule has 14 heteroatoms. The van der Waals surface area contributed by atoms with Crippen LogP contribution in [0.5, 0.6) is 0 Å². The number of aryl methyl sites for hydroxylation is 1. The summed E-state index contributed by atoms with van der Waals surface area (Å²) >= 11 is 0. The normalized spacial score (nSPS) is 17.2. The van der Waals surface area contributed by atoms with E-state index in [-0.39, 0.29) is 54.9 Å². The average Bonchev–Trinajstić information content (AvgIpc) is 3.31. The van der Waals surface area contributed by atoms with E-state index in [0.717, 1.165) is 12.0 Å². The number of ether oxygens (including phenoxy) is 3. The molecule has 1 aliphatic rings. The summed E-state index contributed by atoms with van der Waals surface area (Å²) in [5, 5.41) is 2.53. The van der Waals surface area contributed by atoms with Crippen LogP contribution in [0, 0.1) is 11.8 Å². The first-order valence-corrected chi connectivity index (χ1v) is 16.2. The van der Waals surface area contributed by atoms with Crippen molar-refractivity contribution in [3.05, 3.63) is 47.4 Å². The molecule has 0 spiro atoms. The van der Waals surface area contributed by atoms with E-state index in [0.29, 0.717) is 24.3 Å². The molecule has 3 aromatic rings. The van der Waals surface area contributed by atoms with E-state index in [1.54, 1.807) is 71.9 Å². The zero-order valence-electron chi connectivity index (χ0n) is 29.0. The first-order valence-electron chi connectivity index (χ1n) is 16.2. The topological polar surface area (TPSA) is 133 Å². The number of hydrogen-bond donors (Lipinski definition) is 1. The first-order chi connectivity index (χ1) is 22.8. The highest BCUT2D eigenvalue weighted by molar-refractivity contribution is 6.12. The number of pyridine rings is 2. The van der Waals surface area contributed by atoms with E-state index < -0.39 is 47.1 Å². The van der Waals surface area contributed by atoms with Gasteiger partial charge < -0.3 is 23.5 Å². The van der Waals surface area contributed by atoms with Crippen molar-refractivity contribution in [2.45, 2.75) is 91.0 Å². The van der Waals surface area contributed by atoms with Gasteiger partial charge in [0.2, 0.25) is 5.88 Å². The molecule has 1 saturated heterocycles. The molecule has 4 rings (SSSR count). The molecule has 4 heterocycles. The molecular formula is C35H45F3N4O7. The summed E-state index contributed by atoms with van der Waals surface area (Å²) in [4.78, 5) is 49.7. The fourth-order valence-electron chi connectivity index (χ4n) is 5.85. The smallest absolute Gasteiger partial charge is 0.414 e. The maximum atomic E-state index is 14.1. The number of anilines is 2. The number of furan rings is 1. The molecular weight excluding hydrogens is 645 g/mol. The third kappa shape index (κ3) is 10.6. The van der Waals surface area contributed by atoms with Gasteiger partial charge >= 0.3 is 18.2 Å². The summed E-state index contributed by atoms with van der Waals surface area (Å²) in [7, 11) is 1.61. The highest BCUT2D eigenvalue weighted by atomic mass is 19.4. The van der Waals surface area contributed by atoms with E-state index in [4.69, 9.17) is 18.6 Å². The van der Waals surface area contributed by atoms with Crippen LogP contribution < -0.4 is 10.2 Å². The zero-order chi connectivity index (χ0) is 36.1. The minimum absolute atomic E-state index is 0.00582. The van der Waals surface area contributed by atoms with Crippen LogP contribution in [0.4, 0.5) is 29.5 Å². The molecule has 3 aromatic heterocycles. The summed E-state index contributed by atoms with van der Waals surface area (Å²) in [5.41, 5.74) is 0.447. The minimum atomic E-state index is -4.50. The Balaban J connectivity index is 1.66. The third-order valence-corrected chi connectivity index (χ3v) is 7.74. The van der Waals surface area contributed by atoms with E-state index in [1.807, 2.05) is 0 Å². The summed E-state index contributed by atoms with van der Waals surface area (Å²) in [5.74, 6) is -3.58. The molecule has 1 N–H and O–H groups in total. The van der Waals surface area contributed by atoms with Gasteiger partial charge in [-0.15, -0.1) is 0 Å². The summed E-state index contributed by atoms with van der Waals surface area (Å²) in [6.07, 6.45) is -0.180. The summed E-state index contributed by atoms with van der Waals surface area (Å²) in [6.45, 7) is 10.5. The lowest BCUT2D eigenvalue weighted by Crippen LogP contribution is -2.47. The zero-order valence-corrected chi connectivity index (χ0v) is 29.0. The fraction of sp³-hybridized carbons (Fsp3) is 0.571. The number of hydrogen-bond acceptors (Lipinski definition) is 10. The molecule has 268 valence electrons. The number of Topliss-reactive ketones (excluding diaryl/α,β-unsaturated/α-hetero) is 1. The molecule has 11 nitrogen and oxygen atoms in total. The van der Waals surface area contributed by atoms with Crippen LogP contribution in [0.2, 0.25) is 0 Å². The lowest BCUT2D eigenvalue weighted by atomic mass is 9.86. The summed E-state index contributed by atoms with van der Waals surface area (Å²) in [6, 6.07) is 3.30. The number of carbonyl (C=O) groups is 3. The van der Waals surface area contributed by atoms with Crippen LogP contribution >= 0.6 is 0 Å². The molecule has 0 bridgehead atoms. The average molecular weight is 691 g/mol. The van der Waals surface area contributed by atoms with Crippen molar-refractivity contribution in [3.63, 3.8) is 0 Å². The van der Waals surface area contributed by atoms with Crippen LogP contribution in [0.3, 0.4) is 0 Å². The second-order valence-corrected chi connectivity index (χ2v) is 14.4.